The van der Waals surface area contributed by atoms with Crippen LogP contribution in [0.4, 0.5) is 0 Å². The van der Waals surface area contributed by atoms with Crippen molar-refractivity contribution < 1.29 is 23.4 Å². The number of hydrogen-bond donors (Lipinski definition) is 2. The topological polar surface area (TPSA) is 94.9 Å². The molecule has 7 heteroatoms. The molecule has 0 spiro atoms. The predicted octanol–water partition coefficient (Wildman–Crippen LogP) is 0.306. The van der Waals surface area contributed by atoms with Crippen molar-refractivity contribution in [3.05, 3.63) is 29.3 Å². The van der Waals surface area contributed by atoms with Crippen LogP contribution in [-0.2, 0) is 10.0 Å². The SMILES string of the molecule is Cc1c(C(=O)O)cccc1S(=O)(=O)N1CC(CO)C1. The Morgan fingerprint density at radius 1 is 1.42 bits per heavy atom. The number of benzene rings is 1. The number of aliphatic hydroxyl groups excluding tert-OH is 1. The van der Waals surface area contributed by atoms with E-state index in [0.29, 0.717) is 0 Å². The monoisotopic (exact) mass is 285 g/mol. The molecule has 0 atom stereocenters. The number of rotatable bonds is 4. The summed E-state index contributed by atoms with van der Waals surface area (Å²) in [7, 11) is -3.67. The van der Waals surface area contributed by atoms with Gasteiger partial charge in [-0.25, -0.2) is 13.2 Å². The van der Waals surface area contributed by atoms with Crippen LogP contribution in [0.1, 0.15) is 15.9 Å². The molecule has 0 radical (unpaired) electrons. The van der Waals surface area contributed by atoms with Crippen molar-refractivity contribution in [1.29, 1.82) is 0 Å². The van der Waals surface area contributed by atoms with Crippen molar-refractivity contribution in [2.24, 2.45) is 5.92 Å². The van der Waals surface area contributed by atoms with Crippen molar-refractivity contribution in [2.45, 2.75) is 11.8 Å². The molecule has 2 rings (SSSR count). The number of hydrogen-bond acceptors (Lipinski definition) is 4. The van der Waals surface area contributed by atoms with Gasteiger partial charge in [0, 0.05) is 25.6 Å². The van der Waals surface area contributed by atoms with Gasteiger partial charge in [-0.3, -0.25) is 0 Å². The molecule has 0 amide bonds. The highest BCUT2D eigenvalue weighted by Gasteiger charge is 2.37. The molecule has 19 heavy (non-hydrogen) atoms. The van der Waals surface area contributed by atoms with E-state index in [4.69, 9.17) is 10.2 Å². The predicted molar refractivity (Wildman–Crippen MR) is 67.5 cm³/mol. The third kappa shape index (κ3) is 2.36. The quantitative estimate of drug-likeness (QED) is 0.830. The Morgan fingerprint density at radius 2 is 2.05 bits per heavy atom. The molecule has 2 N–H and O–H groups in total. The maximum Gasteiger partial charge on any atom is 0.335 e. The van der Waals surface area contributed by atoms with Crippen LogP contribution in [0.15, 0.2) is 23.1 Å². The number of nitrogens with zero attached hydrogens (tertiary/aromatic N) is 1. The van der Waals surface area contributed by atoms with E-state index in [1.54, 1.807) is 0 Å². The Kier molecular flexibility index (Phi) is 3.62. The van der Waals surface area contributed by atoms with Gasteiger partial charge in [0.25, 0.3) is 0 Å². The zero-order valence-corrected chi connectivity index (χ0v) is 11.2. The maximum absolute atomic E-state index is 12.3. The Morgan fingerprint density at radius 3 is 2.58 bits per heavy atom. The maximum atomic E-state index is 12.3. The summed E-state index contributed by atoms with van der Waals surface area (Å²) in [6, 6.07) is 4.21. The molecule has 104 valence electrons. The third-order valence-corrected chi connectivity index (χ3v) is 5.29. The summed E-state index contributed by atoms with van der Waals surface area (Å²) in [5.41, 5.74) is 0.225. The van der Waals surface area contributed by atoms with Crippen molar-refractivity contribution in [2.75, 3.05) is 19.7 Å². The fraction of sp³-hybridized carbons (Fsp3) is 0.417. The van der Waals surface area contributed by atoms with Crippen molar-refractivity contribution in [3.8, 4) is 0 Å². The summed E-state index contributed by atoms with van der Waals surface area (Å²) in [4.78, 5) is 11.0. The van der Waals surface area contributed by atoms with E-state index >= 15 is 0 Å². The molecule has 1 saturated heterocycles. The first kappa shape index (κ1) is 14.0. The molecule has 0 aliphatic carbocycles. The van der Waals surface area contributed by atoms with E-state index in [9.17, 15) is 13.2 Å². The summed E-state index contributed by atoms with van der Waals surface area (Å²) in [5.74, 6) is -1.18. The van der Waals surface area contributed by atoms with Gasteiger partial charge >= 0.3 is 5.97 Å². The zero-order valence-electron chi connectivity index (χ0n) is 10.4. The van der Waals surface area contributed by atoms with E-state index in [1.807, 2.05) is 0 Å². The van der Waals surface area contributed by atoms with Crippen LogP contribution in [0, 0.1) is 12.8 Å². The molecule has 1 fully saturated rings. The van der Waals surface area contributed by atoms with Crippen LogP contribution in [0.3, 0.4) is 0 Å². The van der Waals surface area contributed by atoms with Gasteiger partial charge in [0.1, 0.15) is 0 Å². The summed E-state index contributed by atoms with van der Waals surface area (Å²) in [6.45, 7) is 1.99. The van der Waals surface area contributed by atoms with Crippen LogP contribution in [0.25, 0.3) is 0 Å². The number of sulfonamides is 1. The Bertz CT molecular complexity index is 605. The van der Waals surface area contributed by atoms with Crippen LogP contribution in [0.5, 0.6) is 0 Å². The van der Waals surface area contributed by atoms with Gasteiger partial charge in [0.2, 0.25) is 10.0 Å². The molecule has 1 aliphatic rings. The lowest BCUT2D eigenvalue weighted by Crippen LogP contribution is -2.51. The largest absolute Gasteiger partial charge is 0.478 e. The smallest absolute Gasteiger partial charge is 0.335 e. The Balaban J connectivity index is 2.37. The molecule has 1 aromatic rings. The number of carbonyl (C=O) groups is 1. The van der Waals surface area contributed by atoms with Crippen molar-refractivity contribution in [1.82, 2.24) is 4.31 Å². The lowest BCUT2D eigenvalue weighted by molar-refractivity contribution is 0.0696. The molecule has 0 bridgehead atoms. The van der Waals surface area contributed by atoms with Crippen LogP contribution < -0.4 is 0 Å². The molecule has 1 aromatic carbocycles. The molecule has 0 aromatic heterocycles. The van der Waals surface area contributed by atoms with E-state index in [-0.39, 0.29) is 41.6 Å². The van der Waals surface area contributed by atoms with E-state index in [1.165, 1.54) is 29.4 Å². The normalized spacial score (nSPS) is 17.2. The van der Waals surface area contributed by atoms with Crippen molar-refractivity contribution in [3.63, 3.8) is 0 Å². The molecule has 0 unspecified atom stereocenters. The minimum absolute atomic E-state index is 0.0136. The minimum atomic E-state index is -3.67. The standard InChI is InChI=1S/C12H15NO5S/c1-8-10(12(15)16)3-2-4-11(8)19(17,18)13-5-9(6-13)7-14/h2-4,9,14H,5-7H2,1H3,(H,15,16). The highest BCUT2D eigenvalue weighted by atomic mass is 32.2. The average molecular weight is 285 g/mol. The second-order valence-electron chi connectivity index (χ2n) is 4.60. The Labute approximate surface area is 111 Å². The van der Waals surface area contributed by atoms with Gasteiger partial charge in [0.15, 0.2) is 0 Å². The summed E-state index contributed by atoms with van der Waals surface area (Å²) >= 11 is 0. The number of aliphatic hydroxyl groups is 1. The highest BCUT2D eigenvalue weighted by molar-refractivity contribution is 7.89. The minimum Gasteiger partial charge on any atom is -0.478 e. The lowest BCUT2D eigenvalue weighted by atomic mass is 10.1. The van der Waals surface area contributed by atoms with Crippen LogP contribution in [-0.4, -0.2) is 48.6 Å². The van der Waals surface area contributed by atoms with E-state index in [2.05, 4.69) is 0 Å². The highest BCUT2D eigenvalue weighted by Crippen LogP contribution is 2.28. The first-order valence-corrected chi connectivity index (χ1v) is 7.26. The molecule has 1 heterocycles. The van der Waals surface area contributed by atoms with Gasteiger partial charge in [0.05, 0.1) is 10.5 Å². The summed E-state index contributed by atoms with van der Waals surface area (Å²) < 4.78 is 25.9. The fourth-order valence-electron chi connectivity index (χ4n) is 2.10. The zero-order chi connectivity index (χ0) is 14.2. The molecule has 6 nitrogen and oxygen atoms in total. The second-order valence-corrected chi connectivity index (χ2v) is 6.51. The van der Waals surface area contributed by atoms with E-state index < -0.39 is 16.0 Å². The van der Waals surface area contributed by atoms with Gasteiger partial charge in [-0.1, -0.05) is 6.07 Å². The van der Waals surface area contributed by atoms with Crippen LogP contribution in [0.2, 0.25) is 0 Å². The summed E-state index contributed by atoms with van der Waals surface area (Å²) in [6.07, 6.45) is 0. The van der Waals surface area contributed by atoms with Gasteiger partial charge in [-0.2, -0.15) is 4.31 Å². The molecule has 1 aliphatic heterocycles. The summed E-state index contributed by atoms with van der Waals surface area (Å²) in [5, 5.41) is 17.9. The van der Waals surface area contributed by atoms with E-state index in [0.717, 1.165) is 0 Å². The average Bonchev–Trinajstić information content (AvgIpc) is 2.26. The third-order valence-electron chi connectivity index (χ3n) is 3.31. The molecular weight excluding hydrogens is 270 g/mol. The van der Waals surface area contributed by atoms with Crippen LogP contribution >= 0.6 is 0 Å². The lowest BCUT2D eigenvalue weighted by Gasteiger charge is -2.37. The number of aromatic carboxylic acids is 1. The number of carboxylic acid groups (broad SMARTS) is 1. The molecular formula is C12H15NO5S. The molecule has 0 saturated carbocycles. The van der Waals surface area contributed by atoms with Gasteiger partial charge < -0.3 is 10.2 Å². The van der Waals surface area contributed by atoms with Crippen molar-refractivity contribution >= 4 is 16.0 Å². The fourth-order valence-corrected chi connectivity index (χ4v) is 3.94. The first-order chi connectivity index (χ1) is 8.87. The number of carboxylic acids is 1. The van der Waals surface area contributed by atoms with Gasteiger partial charge in [-0.05, 0) is 24.6 Å². The second kappa shape index (κ2) is 4.92. The van der Waals surface area contributed by atoms with Gasteiger partial charge in [-0.15, -0.1) is 0 Å². The first-order valence-electron chi connectivity index (χ1n) is 5.82. The Hall–Kier alpha value is -1.44.